The number of hydrogen-bond acceptors (Lipinski definition) is 5. The third-order valence-corrected chi connectivity index (χ3v) is 5.89. The molecule has 1 atom stereocenters. The SMILES string of the molecule is O=C(NCC(c1cccs1)N1CCOCC1)c1ccc2c(c1)CNC2. The maximum absolute atomic E-state index is 12.6. The molecule has 0 radical (unpaired) electrons. The van der Waals surface area contributed by atoms with E-state index in [1.807, 2.05) is 12.1 Å². The van der Waals surface area contributed by atoms with Gasteiger partial charge in [-0.2, -0.15) is 0 Å². The molecule has 1 fully saturated rings. The van der Waals surface area contributed by atoms with Crippen LogP contribution in [-0.2, 0) is 17.8 Å². The molecule has 0 aliphatic carbocycles. The van der Waals surface area contributed by atoms with Crippen molar-refractivity contribution < 1.29 is 9.53 Å². The minimum atomic E-state index is 0.00418. The van der Waals surface area contributed by atoms with Crippen LogP contribution in [-0.4, -0.2) is 43.7 Å². The van der Waals surface area contributed by atoms with E-state index in [0.717, 1.165) is 45.0 Å². The number of thiophene rings is 1. The molecule has 2 aromatic rings. The molecule has 3 heterocycles. The molecule has 1 aromatic heterocycles. The van der Waals surface area contributed by atoms with E-state index in [9.17, 15) is 4.79 Å². The number of nitrogens with zero attached hydrogens (tertiary/aromatic N) is 1. The molecule has 1 saturated heterocycles. The monoisotopic (exact) mass is 357 g/mol. The summed E-state index contributed by atoms with van der Waals surface area (Å²) < 4.78 is 5.47. The van der Waals surface area contributed by atoms with Crippen LogP contribution in [0.4, 0.5) is 0 Å². The normalized spacial score (nSPS) is 18.7. The summed E-state index contributed by atoms with van der Waals surface area (Å²) in [7, 11) is 0. The van der Waals surface area contributed by atoms with Crippen molar-refractivity contribution in [3.05, 3.63) is 57.3 Å². The standard InChI is InChI=1S/C19H23N3O2S/c23-19(14-3-4-15-11-20-12-16(15)10-14)21-13-17(18-2-1-9-25-18)22-5-7-24-8-6-22/h1-4,9-10,17,20H,5-8,11-13H2,(H,21,23). The molecule has 132 valence electrons. The molecule has 1 amide bonds. The summed E-state index contributed by atoms with van der Waals surface area (Å²) in [6.07, 6.45) is 0. The number of morpholine rings is 1. The van der Waals surface area contributed by atoms with E-state index in [4.69, 9.17) is 4.74 Å². The Hall–Kier alpha value is -1.73. The van der Waals surface area contributed by atoms with Crippen molar-refractivity contribution in [2.75, 3.05) is 32.8 Å². The van der Waals surface area contributed by atoms with E-state index in [2.05, 4.69) is 39.1 Å². The molecule has 6 heteroatoms. The average Bonchev–Trinajstić information content (AvgIpc) is 3.34. The fourth-order valence-corrected chi connectivity index (χ4v) is 4.37. The van der Waals surface area contributed by atoms with Crippen molar-refractivity contribution in [2.45, 2.75) is 19.1 Å². The summed E-state index contributed by atoms with van der Waals surface area (Å²) in [6, 6.07) is 10.4. The summed E-state index contributed by atoms with van der Waals surface area (Å²) in [6.45, 7) is 5.69. The van der Waals surface area contributed by atoms with Gasteiger partial charge in [0.25, 0.3) is 5.91 Å². The summed E-state index contributed by atoms with van der Waals surface area (Å²) >= 11 is 1.75. The molecule has 1 unspecified atom stereocenters. The highest BCUT2D eigenvalue weighted by Gasteiger charge is 2.24. The number of rotatable bonds is 5. The van der Waals surface area contributed by atoms with Gasteiger partial charge in [0.1, 0.15) is 0 Å². The van der Waals surface area contributed by atoms with Gasteiger partial charge in [-0.1, -0.05) is 12.1 Å². The molecule has 0 saturated carbocycles. The van der Waals surface area contributed by atoms with Crippen LogP contribution in [0.15, 0.2) is 35.7 Å². The number of hydrogen-bond donors (Lipinski definition) is 2. The Morgan fingerprint density at radius 3 is 2.88 bits per heavy atom. The van der Waals surface area contributed by atoms with Gasteiger partial charge in [-0.15, -0.1) is 11.3 Å². The third-order valence-electron chi connectivity index (χ3n) is 4.91. The Morgan fingerprint density at radius 2 is 2.08 bits per heavy atom. The zero-order valence-corrected chi connectivity index (χ0v) is 15.0. The zero-order valence-electron chi connectivity index (χ0n) is 14.2. The lowest BCUT2D eigenvalue weighted by Crippen LogP contribution is -2.43. The van der Waals surface area contributed by atoms with Gasteiger partial charge in [0.05, 0.1) is 19.3 Å². The lowest BCUT2D eigenvalue weighted by molar-refractivity contribution is 0.0169. The molecule has 4 rings (SSSR count). The highest BCUT2D eigenvalue weighted by atomic mass is 32.1. The van der Waals surface area contributed by atoms with E-state index < -0.39 is 0 Å². The fraction of sp³-hybridized carbons (Fsp3) is 0.421. The Morgan fingerprint density at radius 1 is 1.24 bits per heavy atom. The van der Waals surface area contributed by atoms with E-state index in [1.54, 1.807) is 11.3 Å². The van der Waals surface area contributed by atoms with E-state index >= 15 is 0 Å². The number of benzene rings is 1. The molecule has 1 aromatic carbocycles. The first-order valence-electron chi connectivity index (χ1n) is 8.77. The summed E-state index contributed by atoms with van der Waals surface area (Å²) in [5.41, 5.74) is 3.27. The van der Waals surface area contributed by atoms with Gasteiger partial charge in [0.15, 0.2) is 0 Å². The number of carbonyl (C=O) groups excluding carboxylic acids is 1. The molecule has 0 spiro atoms. The molecule has 2 aliphatic heterocycles. The first-order valence-corrected chi connectivity index (χ1v) is 9.65. The van der Waals surface area contributed by atoms with Crippen molar-refractivity contribution >= 4 is 17.2 Å². The van der Waals surface area contributed by atoms with Crippen LogP contribution in [0, 0.1) is 0 Å². The predicted octanol–water partition coefficient (Wildman–Crippen LogP) is 2.15. The van der Waals surface area contributed by atoms with Gasteiger partial charge >= 0.3 is 0 Å². The van der Waals surface area contributed by atoms with Crippen molar-refractivity contribution in [3.8, 4) is 0 Å². The quantitative estimate of drug-likeness (QED) is 0.861. The molecule has 25 heavy (non-hydrogen) atoms. The summed E-state index contributed by atoms with van der Waals surface area (Å²) in [4.78, 5) is 16.3. The highest BCUT2D eigenvalue weighted by Crippen LogP contribution is 2.25. The zero-order chi connectivity index (χ0) is 17.1. The van der Waals surface area contributed by atoms with Gasteiger partial charge < -0.3 is 15.4 Å². The van der Waals surface area contributed by atoms with Gasteiger partial charge in [-0.05, 0) is 34.7 Å². The van der Waals surface area contributed by atoms with Gasteiger partial charge in [-0.25, -0.2) is 0 Å². The van der Waals surface area contributed by atoms with E-state index in [1.165, 1.54) is 16.0 Å². The molecular weight excluding hydrogens is 334 g/mol. The largest absolute Gasteiger partial charge is 0.379 e. The molecular formula is C19H23N3O2S. The van der Waals surface area contributed by atoms with Crippen molar-refractivity contribution in [1.29, 1.82) is 0 Å². The van der Waals surface area contributed by atoms with Crippen molar-refractivity contribution in [3.63, 3.8) is 0 Å². The Balaban J connectivity index is 1.44. The fourth-order valence-electron chi connectivity index (χ4n) is 3.51. The van der Waals surface area contributed by atoms with Gasteiger partial charge in [0.2, 0.25) is 0 Å². The van der Waals surface area contributed by atoms with Crippen molar-refractivity contribution in [2.24, 2.45) is 0 Å². The lowest BCUT2D eigenvalue weighted by atomic mass is 10.1. The Kier molecular flexibility index (Phi) is 5.12. The van der Waals surface area contributed by atoms with Gasteiger partial charge in [0, 0.05) is 43.2 Å². The number of amides is 1. The van der Waals surface area contributed by atoms with Crippen molar-refractivity contribution in [1.82, 2.24) is 15.5 Å². The second-order valence-corrected chi connectivity index (χ2v) is 7.46. The number of nitrogens with one attached hydrogen (secondary N) is 2. The van der Waals surface area contributed by atoms with Crippen LogP contribution in [0.25, 0.3) is 0 Å². The van der Waals surface area contributed by atoms with Crippen LogP contribution < -0.4 is 10.6 Å². The Bertz CT molecular complexity index is 726. The minimum Gasteiger partial charge on any atom is -0.379 e. The summed E-state index contributed by atoms with van der Waals surface area (Å²) in [5, 5.41) is 8.55. The number of ether oxygens (including phenoxy) is 1. The maximum atomic E-state index is 12.6. The molecule has 2 N–H and O–H groups in total. The highest BCUT2D eigenvalue weighted by molar-refractivity contribution is 7.10. The van der Waals surface area contributed by atoms with Gasteiger partial charge in [-0.3, -0.25) is 9.69 Å². The van der Waals surface area contributed by atoms with E-state index in [-0.39, 0.29) is 11.9 Å². The van der Waals surface area contributed by atoms with Crippen LogP contribution >= 0.6 is 11.3 Å². The first kappa shape index (κ1) is 16.7. The number of carbonyl (C=O) groups is 1. The molecule has 2 aliphatic rings. The van der Waals surface area contributed by atoms with E-state index in [0.29, 0.717) is 6.54 Å². The topological polar surface area (TPSA) is 53.6 Å². The molecule has 0 bridgehead atoms. The van der Waals surface area contributed by atoms with Crippen LogP contribution in [0.1, 0.15) is 32.4 Å². The predicted molar refractivity (Wildman–Crippen MR) is 98.8 cm³/mol. The Labute approximate surface area is 152 Å². The average molecular weight is 357 g/mol. The second kappa shape index (κ2) is 7.66. The first-order chi connectivity index (χ1) is 12.3. The third kappa shape index (κ3) is 3.77. The minimum absolute atomic E-state index is 0.00418. The summed E-state index contributed by atoms with van der Waals surface area (Å²) in [5.74, 6) is 0.00418. The van der Waals surface area contributed by atoms with Crippen LogP contribution in [0.3, 0.4) is 0 Å². The smallest absolute Gasteiger partial charge is 0.251 e. The maximum Gasteiger partial charge on any atom is 0.251 e. The molecule has 5 nitrogen and oxygen atoms in total. The number of fused-ring (bicyclic) bond motifs is 1. The van der Waals surface area contributed by atoms with Crippen LogP contribution in [0.2, 0.25) is 0 Å². The second-order valence-electron chi connectivity index (χ2n) is 6.48. The van der Waals surface area contributed by atoms with Crippen LogP contribution in [0.5, 0.6) is 0 Å². The lowest BCUT2D eigenvalue weighted by Gasteiger charge is -2.34.